The second-order valence-electron chi connectivity index (χ2n) is 2.96. The fourth-order valence-corrected chi connectivity index (χ4v) is 1.37. The number of carboxylic acids is 1. The van der Waals surface area contributed by atoms with Crippen LogP contribution in [-0.4, -0.2) is 46.4 Å². The Balaban J connectivity index is 3.33. The normalized spacial score (nSPS) is 11.8. The van der Waals surface area contributed by atoms with Crippen molar-refractivity contribution >= 4 is 22.8 Å². The van der Waals surface area contributed by atoms with Crippen molar-refractivity contribution in [3.8, 4) is 0 Å². The lowest BCUT2D eigenvalue weighted by molar-refractivity contribution is -0.136. The van der Waals surface area contributed by atoms with Gasteiger partial charge in [-0.05, 0) is 6.42 Å². The van der Waals surface area contributed by atoms with E-state index in [1.54, 1.807) is 6.26 Å². The SMILES string of the molecule is CS(=O)CCCNC(=O)NCCC(=O)O. The van der Waals surface area contributed by atoms with Crippen molar-refractivity contribution in [1.29, 1.82) is 0 Å². The quantitative estimate of drug-likeness (QED) is 0.521. The van der Waals surface area contributed by atoms with E-state index in [9.17, 15) is 13.8 Å². The van der Waals surface area contributed by atoms with Crippen molar-refractivity contribution in [1.82, 2.24) is 10.6 Å². The van der Waals surface area contributed by atoms with Crippen LogP contribution in [0.4, 0.5) is 4.79 Å². The molecule has 1 unspecified atom stereocenters. The number of carbonyl (C=O) groups is 2. The number of nitrogens with one attached hydrogen (secondary N) is 2. The Morgan fingerprint density at radius 1 is 1.27 bits per heavy atom. The van der Waals surface area contributed by atoms with Crippen molar-refractivity contribution < 1.29 is 18.9 Å². The Morgan fingerprint density at radius 2 is 1.87 bits per heavy atom. The summed E-state index contributed by atoms with van der Waals surface area (Å²) in [6.07, 6.45) is 2.16. The van der Waals surface area contributed by atoms with Crippen LogP contribution < -0.4 is 10.6 Å². The molecule has 0 aromatic carbocycles. The zero-order valence-electron chi connectivity index (χ0n) is 8.62. The molecule has 0 aliphatic rings. The van der Waals surface area contributed by atoms with Gasteiger partial charge in [-0.3, -0.25) is 9.00 Å². The number of urea groups is 1. The average molecular weight is 236 g/mol. The summed E-state index contributed by atoms with van der Waals surface area (Å²) in [4.78, 5) is 21.1. The van der Waals surface area contributed by atoms with Crippen molar-refractivity contribution in [3.05, 3.63) is 0 Å². The molecule has 0 spiro atoms. The number of hydrogen-bond acceptors (Lipinski definition) is 3. The van der Waals surface area contributed by atoms with Crippen molar-refractivity contribution in [3.63, 3.8) is 0 Å². The van der Waals surface area contributed by atoms with E-state index < -0.39 is 22.8 Å². The highest BCUT2D eigenvalue weighted by Crippen LogP contribution is 1.81. The van der Waals surface area contributed by atoms with Crippen LogP contribution in [0, 0.1) is 0 Å². The summed E-state index contributed by atoms with van der Waals surface area (Å²) in [5.41, 5.74) is 0. The molecule has 15 heavy (non-hydrogen) atoms. The van der Waals surface area contributed by atoms with Crippen molar-refractivity contribution in [2.24, 2.45) is 0 Å². The van der Waals surface area contributed by atoms with E-state index in [2.05, 4.69) is 10.6 Å². The van der Waals surface area contributed by atoms with Gasteiger partial charge in [-0.1, -0.05) is 0 Å². The third-order valence-electron chi connectivity index (χ3n) is 1.52. The molecular formula is C8H16N2O4S. The molecule has 0 fully saturated rings. The van der Waals surface area contributed by atoms with Crippen LogP contribution in [0.15, 0.2) is 0 Å². The summed E-state index contributed by atoms with van der Waals surface area (Å²) in [5, 5.41) is 13.2. The maximum Gasteiger partial charge on any atom is 0.314 e. The van der Waals surface area contributed by atoms with Gasteiger partial charge in [0.15, 0.2) is 0 Å². The molecule has 0 saturated carbocycles. The van der Waals surface area contributed by atoms with Gasteiger partial charge in [0.1, 0.15) is 0 Å². The first kappa shape index (κ1) is 13.9. The van der Waals surface area contributed by atoms with Gasteiger partial charge in [-0.15, -0.1) is 0 Å². The summed E-state index contributed by atoms with van der Waals surface area (Å²) in [7, 11) is -0.841. The molecule has 0 rings (SSSR count). The fraction of sp³-hybridized carbons (Fsp3) is 0.750. The van der Waals surface area contributed by atoms with Crippen molar-refractivity contribution in [2.45, 2.75) is 12.8 Å². The Labute approximate surface area is 90.9 Å². The molecule has 1 atom stereocenters. The lowest BCUT2D eigenvalue weighted by Crippen LogP contribution is -2.37. The molecule has 0 aliphatic heterocycles. The van der Waals surface area contributed by atoms with Gasteiger partial charge in [0.2, 0.25) is 0 Å². The predicted octanol–water partition coefficient (Wildman–Crippen LogP) is -0.471. The Bertz CT molecular complexity index is 245. The molecule has 0 heterocycles. The summed E-state index contributed by atoms with van der Waals surface area (Å²) in [5.74, 6) is -0.397. The number of amides is 2. The third-order valence-corrected chi connectivity index (χ3v) is 2.38. The second-order valence-corrected chi connectivity index (χ2v) is 4.51. The second kappa shape index (κ2) is 8.22. The van der Waals surface area contributed by atoms with Gasteiger partial charge < -0.3 is 15.7 Å². The minimum atomic E-state index is -0.948. The van der Waals surface area contributed by atoms with Crippen molar-refractivity contribution in [2.75, 3.05) is 25.1 Å². The van der Waals surface area contributed by atoms with Crippen LogP contribution in [0.3, 0.4) is 0 Å². The first-order chi connectivity index (χ1) is 7.02. The highest BCUT2D eigenvalue weighted by atomic mass is 32.2. The molecule has 2 amide bonds. The Morgan fingerprint density at radius 3 is 2.40 bits per heavy atom. The van der Waals surface area contributed by atoms with Gasteiger partial charge in [0, 0.05) is 35.9 Å². The van der Waals surface area contributed by atoms with Gasteiger partial charge >= 0.3 is 12.0 Å². The molecular weight excluding hydrogens is 220 g/mol. The molecule has 0 radical (unpaired) electrons. The third kappa shape index (κ3) is 10.8. The highest BCUT2D eigenvalue weighted by molar-refractivity contribution is 7.84. The van der Waals surface area contributed by atoms with E-state index in [0.29, 0.717) is 18.7 Å². The summed E-state index contributed by atoms with van der Waals surface area (Å²) in [6, 6.07) is -0.391. The highest BCUT2D eigenvalue weighted by Gasteiger charge is 2.01. The molecule has 0 aromatic heterocycles. The molecule has 0 bridgehead atoms. The van der Waals surface area contributed by atoms with E-state index >= 15 is 0 Å². The Kier molecular flexibility index (Phi) is 7.61. The molecule has 88 valence electrons. The number of carbonyl (C=O) groups excluding carboxylic acids is 1. The van der Waals surface area contributed by atoms with Crippen LogP contribution >= 0.6 is 0 Å². The molecule has 0 saturated heterocycles. The maximum atomic E-state index is 11.0. The summed E-state index contributed by atoms with van der Waals surface area (Å²) in [6.45, 7) is 0.555. The van der Waals surface area contributed by atoms with Crippen LogP contribution in [0.2, 0.25) is 0 Å². The van der Waals surface area contributed by atoms with Gasteiger partial charge in [-0.2, -0.15) is 0 Å². The Hall–Kier alpha value is -1.11. The van der Waals surface area contributed by atoms with E-state index in [1.807, 2.05) is 0 Å². The summed E-state index contributed by atoms with van der Waals surface area (Å²) < 4.78 is 10.7. The molecule has 6 nitrogen and oxygen atoms in total. The number of hydrogen-bond donors (Lipinski definition) is 3. The zero-order chi connectivity index (χ0) is 11.7. The van der Waals surface area contributed by atoms with E-state index in [0.717, 1.165) is 0 Å². The minimum Gasteiger partial charge on any atom is -0.481 e. The fourth-order valence-electron chi connectivity index (χ4n) is 0.823. The first-order valence-electron chi connectivity index (χ1n) is 4.56. The van der Waals surface area contributed by atoms with Gasteiger partial charge in [0.25, 0.3) is 0 Å². The van der Waals surface area contributed by atoms with E-state index in [-0.39, 0.29) is 13.0 Å². The smallest absolute Gasteiger partial charge is 0.314 e. The van der Waals surface area contributed by atoms with Crippen LogP contribution in [0.25, 0.3) is 0 Å². The van der Waals surface area contributed by atoms with E-state index in [4.69, 9.17) is 5.11 Å². The maximum absolute atomic E-state index is 11.0. The average Bonchev–Trinajstić information content (AvgIpc) is 2.11. The number of carboxylic acid groups (broad SMARTS) is 1. The zero-order valence-corrected chi connectivity index (χ0v) is 9.43. The van der Waals surface area contributed by atoms with Gasteiger partial charge in [-0.25, -0.2) is 4.79 Å². The summed E-state index contributed by atoms with van der Waals surface area (Å²) >= 11 is 0. The largest absolute Gasteiger partial charge is 0.481 e. The lowest BCUT2D eigenvalue weighted by atomic mass is 10.4. The number of aliphatic carboxylic acids is 1. The standard InChI is InChI=1S/C8H16N2O4S/c1-15(14)6-2-4-9-8(13)10-5-3-7(11)12/h2-6H2,1H3,(H,11,12)(H2,9,10,13). The molecule has 3 N–H and O–H groups in total. The number of rotatable bonds is 7. The molecule has 0 aliphatic carbocycles. The van der Waals surface area contributed by atoms with Crippen LogP contribution in [0.5, 0.6) is 0 Å². The molecule has 7 heteroatoms. The van der Waals surface area contributed by atoms with Crippen LogP contribution in [-0.2, 0) is 15.6 Å². The first-order valence-corrected chi connectivity index (χ1v) is 6.28. The lowest BCUT2D eigenvalue weighted by Gasteiger charge is -2.05. The predicted molar refractivity (Wildman–Crippen MR) is 57.2 cm³/mol. The van der Waals surface area contributed by atoms with Crippen LogP contribution in [0.1, 0.15) is 12.8 Å². The van der Waals surface area contributed by atoms with E-state index in [1.165, 1.54) is 0 Å². The van der Waals surface area contributed by atoms with Gasteiger partial charge in [0.05, 0.1) is 6.42 Å². The minimum absolute atomic E-state index is 0.0909. The monoisotopic (exact) mass is 236 g/mol. The topological polar surface area (TPSA) is 95.5 Å². The molecule has 0 aromatic rings.